The van der Waals surface area contributed by atoms with Crippen molar-refractivity contribution < 1.29 is 0 Å². The Morgan fingerprint density at radius 3 is 1.33 bits per heavy atom. The maximum Gasteiger partial charge on any atom is 0.00415 e. The summed E-state index contributed by atoms with van der Waals surface area (Å²) in [7, 11) is 0. The molecule has 0 heterocycles. The van der Waals surface area contributed by atoms with E-state index in [0.717, 1.165) is 47.3 Å². The predicted octanol–water partition coefficient (Wildman–Crippen LogP) is 9.10. The van der Waals surface area contributed by atoms with E-state index in [1.165, 1.54) is 77.0 Å². The van der Waals surface area contributed by atoms with E-state index in [-0.39, 0.29) is 0 Å². The van der Waals surface area contributed by atoms with Crippen LogP contribution in [0, 0.1) is 47.3 Å². The molecule has 30 heavy (non-hydrogen) atoms. The minimum Gasteiger partial charge on any atom is -0.328 e. The molecule has 0 amide bonds. The molecule has 1 nitrogen and oxygen atoms in total. The van der Waals surface area contributed by atoms with Crippen molar-refractivity contribution in [2.45, 2.75) is 138 Å². The van der Waals surface area contributed by atoms with Crippen LogP contribution in [0.1, 0.15) is 132 Å². The van der Waals surface area contributed by atoms with Crippen molar-refractivity contribution in [2.24, 2.45) is 53.1 Å². The zero-order valence-corrected chi connectivity index (χ0v) is 22.3. The monoisotopic (exact) mass is 421 g/mol. The molecule has 0 saturated heterocycles. The van der Waals surface area contributed by atoms with Crippen LogP contribution in [0.5, 0.6) is 0 Å². The highest BCUT2D eigenvalue weighted by atomic mass is 14.6. The van der Waals surface area contributed by atoms with Gasteiger partial charge in [0.2, 0.25) is 0 Å². The lowest BCUT2D eigenvalue weighted by Crippen LogP contribution is -2.29. The summed E-state index contributed by atoms with van der Waals surface area (Å²) in [6, 6.07) is 0.501. The summed E-state index contributed by atoms with van der Waals surface area (Å²) < 4.78 is 0. The highest BCUT2D eigenvalue weighted by molar-refractivity contribution is 4.76. The fourth-order valence-corrected chi connectivity index (χ4v) is 5.91. The van der Waals surface area contributed by atoms with Crippen LogP contribution in [0.2, 0.25) is 0 Å². The summed E-state index contributed by atoms with van der Waals surface area (Å²) in [6.07, 6.45) is 17.1. The molecule has 3 fully saturated rings. The van der Waals surface area contributed by atoms with Crippen LogP contribution in [0.15, 0.2) is 0 Å². The van der Waals surface area contributed by atoms with Gasteiger partial charge in [0.15, 0.2) is 0 Å². The van der Waals surface area contributed by atoms with Crippen LogP contribution in [0.3, 0.4) is 0 Å². The third-order valence-corrected chi connectivity index (χ3v) is 8.62. The van der Waals surface area contributed by atoms with Gasteiger partial charge in [-0.3, -0.25) is 0 Å². The summed E-state index contributed by atoms with van der Waals surface area (Å²) in [5.41, 5.74) is 5.86. The molecule has 1 heteroatoms. The van der Waals surface area contributed by atoms with E-state index < -0.39 is 0 Å². The Morgan fingerprint density at radius 2 is 0.967 bits per heavy atom. The number of rotatable bonds is 3. The lowest BCUT2D eigenvalue weighted by molar-refractivity contribution is 0.226. The third kappa shape index (κ3) is 11.5. The van der Waals surface area contributed by atoms with E-state index in [2.05, 4.69) is 55.4 Å². The van der Waals surface area contributed by atoms with Gasteiger partial charge in [0, 0.05) is 6.04 Å². The number of nitrogens with two attached hydrogens (primary N) is 1. The quantitative estimate of drug-likeness (QED) is 0.483. The van der Waals surface area contributed by atoms with Crippen LogP contribution in [0.25, 0.3) is 0 Å². The number of hydrogen-bond donors (Lipinski definition) is 1. The zero-order chi connectivity index (χ0) is 22.7. The Kier molecular flexibility index (Phi) is 13.9. The standard InChI is InChI=1S/2C10H20.C9H19N/c1-8(2)10-6-4-9(3)5-7-10;1-8(2)10-6-4-5-9(3)7-10;1-7(2)8-4-3-5-9(10)6-8/h2*8-10H,4-7H2,1-3H3;7-9H,3-6,10H2,1-2H3. The molecule has 0 radical (unpaired) electrons. The molecule has 0 aliphatic heterocycles. The summed E-state index contributed by atoms with van der Waals surface area (Å²) in [4.78, 5) is 0. The van der Waals surface area contributed by atoms with E-state index in [9.17, 15) is 0 Å². The second kappa shape index (κ2) is 14.9. The fourth-order valence-electron chi connectivity index (χ4n) is 5.91. The summed E-state index contributed by atoms with van der Waals surface area (Å²) in [5.74, 6) is 7.67. The molecule has 0 aromatic carbocycles. The molecule has 0 aromatic rings. The molecule has 3 rings (SSSR count). The summed E-state index contributed by atoms with van der Waals surface area (Å²) in [5, 5.41) is 0. The minimum absolute atomic E-state index is 0.501. The van der Waals surface area contributed by atoms with Gasteiger partial charge < -0.3 is 5.73 Å². The van der Waals surface area contributed by atoms with Crippen molar-refractivity contribution in [2.75, 3.05) is 0 Å². The van der Waals surface area contributed by atoms with Crippen molar-refractivity contribution in [3.05, 3.63) is 0 Å². The molecule has 0 spiro atoms. The van der Waals surface area contributed by atoms with Crippen molar-refractivity contribution >= 4 is 0 Å². The Balaban J connectivity index is 0.000000225. The van der Waals surface area contributed by atoms with E-state index in [0.29, 0.717) is 6.04 Å². The number of hydrogen-bond acceptors (Lipinski definition) is 1. The lowest BCUT2D eigenvalue weighted by atomic mass is 9.77. The van der Waals surface area contributed by atoms with Gasteiger partial charge in [-0.2, -0.15) is 0 Å². The van der Waals surface area contributed by atoms with Crippen LogP contribution in [-0.4, -0.2) is 6.04 Å². The minimum atomic E-state index is 0.501. The molecule has 2 N–H and O–H groups in total. The van der Waals surface area contributed by atoms with Crippen LogP contribution < -0.4 is 5.73 Å². The van der Waals surface area contributed by atoms with Crippen LogP contribution in [0.4, 0.5) is 0 Å². The van der Waals surface area contributed by atoms with Gasteiger partial charge >= 0.3 is 0 Å². The first kappa shape index (κ1) is 28.0. The molecular formula is C29H59N. The highest BCUT2D eigenvalue weighted by Crippen LogP contribution is 2.33. The molecule has 180 valence electrons. The average Bonchev–Trinajstić information content (AvgIpc) is 2.69. The van der Waals surface area contributed by atoms with Crippen LogP contribution >= 0.6 is 0 Å². The summed E-state index contributed by atoms with van der Waals surface area (Å²) in [6.45, 7) is 18.9. The zero-order valence-electron chi connectivity index (χ0n) is 22.3. The van der Waals surface area contributed by atoms with E-state index in [4.69, 9.17) is 5.73 Å². The average molecular weight is 422 g/mol. The molecule has 4 unspecified atom stereocenters. The van der Waals surface area contributed by atoms with E-state index >= 15 is 0 Å². The molecular weight excluding hydrogens is 362 g/mol. The van der Waals surface area contributed by atoms with Gasteiger partial charge in [-0.1, -0.05) is 100 Å². The fraction of sp³-hybridized carbons (Fsp3) is 1.00. The van der Waals surface area contributed by atoms with Gasteiger partial charge in [-0.25, -0.2) is 0 Å². The molecule has 3 aliphatic rings. The molecule has 3 aliphatic carbocycles. The van der Waals surface area contributed by atoms with Gasteiger partial charge in [0.25, 0.3) is 0 Å². The van der Waals surface area contributed by atoms with Gasteiger partial charge in [0.1, 0.15) is 0 Å². The highest BCUT2D eigenvalue weighted by Gasteiger charge is 2.22. The Bertz CT molecular complexity index is 379. The topological polar surface area (TPSA) is 26.0 Å². The van der Waals surface area contributed by atoms with Crippen molar-refractivity contribution in [1.82, 2.24) is 0 Å². The van der Waals surface area contributed by atoms with Crippen LogP contribution in [-0.2, 0) is 0 Å². The van der Waals surface area contributed by atoms with Gasteiger partial charge in [-0.15, -0.1) is 0 Å². The van der Waals surface area contributed by atoms with Crippen molar-refractivity contribution in [3.63, 3.8) is 0 Å². The normalized spacial score (nSPS) is 34.8. The maximum absolute atomic E-state index is 5.86. The smallest absolute Gasteiger partial charge is 0.00415 e. The molecule has 3 saturated carbocycles. The van der Waals surface area contributed by atoms with E-state index in [1.54, 1.807) is 0 Å². The molecule has 0 aromatic heterocycles. The summed E-state index contributed by atoms with van der Waals surface area (Å²) >= 11 is 0. The lowest BCUT2D eigenvalue weighted by Gasteiger charge is -2.29. The Hall–Kier alpha value is -0.0400. The largest absolute Gasteiger partial charge is 0.328 e. The Labute approximate surface area is 191 Å². The third-order valence-electron chi connectivity index (χ3n) is 8.62. The van der Waals surface area contributed by atoms with Gasteiger partial charge in [-0.05, 0) is 79.4 Å². The van der Waals surface area contributed by atoms with Crippen molar-refractivity contribution in [3.8, 4) is 0 Å². The first-order chi connectivity index (χ1) is 14.1. The predicted molar refractivity (Wildman–Crippen MR) is 137 cm³/mol. The molecule has 4 atom stereocenters. The first-order valence-corrected chi connectivity index (χ1v) is 13.9. The first-order valence-electron chi connectivity index (χ1n) is 13.9. The second-order valence-electron chi connectivity index (χ2n) is 12.5. The SMILES string of the molecule is CC(C)C1CCCC(N)C1.CC1CCC(C(C)C)CC1.CC1CCCC(C(C)C)C1. The molecule has 0 bridgehead atoms. The maximum atomic E-state index is 5.86. The van der Waals surface area contributed by atoms with E-state index in [1.807, 2.05) is 0 Å². The van der Waals surface area contributed by atoms with Crippen molar-refractivity contribution in [1.29, 1.82) is 0 Å². The van der Waals surface area contributed by atoms with Gasteiger partial charge in [0.05, 0.1) is 0 Å². The second-order valence-corrected chi connectivity index (χ2v) is 12.5. The Morgan fingerprint density at radius 1 is 0.500 bits per heavy atom.